The van der Waals surface area contributed by atoms with Gasteiger partial charge in [0.25, 0.3) is 0 Å². The fourth-order valence-electron chi connectivity index (χ4n) is 2.12. The second-order valence-corrected chi connectivity index (χ2v) is 4.54. The molecule has 0 saturated carbocycles. The van der Waals surface area contributed by atoms with Crippen molar-refractivity contribution in [2.24, 2.45) is 5.73 Å². The van der Waals surface area contributed by atoms with Gasteiger partial charge in [-0.25, -0.2) is 0 Å². The van der Waals surface area contributed by atoms with E-state index in [4.69, 9.17) is 5.73 Å². The van der Waals surface area contributed by atoms with Crippen LogP contribution in [0.15, 0.2) is 24.3 Å². The summed E-state index contributed by atoms with van der Waals surface area (Å²) in [4.78, 5) is 11.4. The molecule has 20 heavy (non-hydrogen) atoms. The Balaban J connectivity index is 3.23. The van der Waals surface area contributed by atoms with Crippen LogP contribution in [-0.4, -0.2) is 19.1 Å². The summed E-state index contributed by atoms with van der Waals surface area (Å²) in [5, 5.41) is 0. The molecule has 0 fully saturated rings. The van der Waals surface area contributed by atoms with Crippen molar-refractivity contribution in [1.82, 2.24) is 0 Å². The SMILES string of the molecule is CCC(N)C(CC(=O)OC)c1ccccc1C(F)(F)F. The van der Waals surface area contributed by atoms with Crippen LogP contribution in [-0.2, 0) is 15.7 Å². The average Bonchev–Trinajstić information content (AvgIpc) is 2.42. The number of rotatable bonds is 5. The van der Waals surface area contributed by atoms with Gasteiger partial charge in [0.15, 0.2) is 0 Å². The van der Waals surface area contributed by atoms with Crippen molar-refractivity contribution in [2.75, 3.05) is 7.11 Å². The van der Waals surface area contributed by atoms with Gasteiger partial charge in [-0.15, -0.1) is 0 Å². The number of carbonyl (C=O) groups is 1. The Bertz CT molecular complexity index is 460. The molecule has 0 heterocycles. The van der Waals surface area contributed by atoms with Gasteiger partial charge in [-0.2, -0.15) is 13.2 Å². The summed E-state index contributed by atoms with van der Waals surface area (Å²) in [6, 6.07) is 4.65. The van der Waals surface area contributed by atoms with E-state index in [1.165, 1.54) is 25.3 Å². The van der Waals surface area contributed by atoms with E-state index < -0.39 is 29.7 Å². The van der Waals surface area contributed by atoms with Crippen LogP contribution in [0.25, 0.3) is 0 Å². The molecule has 0 aliphatic rings. The van der Waals surface area contributed by atoms with E-state index in [-0.39, 0.29) is 12.0 Å². The first-order valence-electron chi connectivity index (χ1n) is 6.29. The van der Waals surface area contributed by atoms with Crippen molar-refractivity contribution in [3.63, 3.8) is 0 Å². The summed E-state index contributed by atoms with van der Waals surface area (Å²) >= 11 is 0. The lowest BCUT2D eigenvalue weighted by Crippen LogP contribution is -2.31. The van der Waals surface area contributed by atoms with Gasteiger partial charge in [0, 0.05) is 12.0 Å². The maximum atomic E-state index is 13.0. The minimum Gasteiger partial charge on any atom is -0.469 e. The number of nitrogens with two attached hydrogens (primary N) is 1. The minimum absolute atomic E-state index is 0.0414. The normalized spacial score (nSPS) is 14.7. The number of benzene rings is 1. The molecule has 0 radical (unpaired) electrons. The lowest BCUT2D eigenvalue weighted by Gasteiger charge is -2.25. The van der Waals surface area contributed by atoms with Crippen molar-refractivity contribution in [1.29, 1.82) is 0 Å². The molecular formula is C14H18F3NO2. The van der Waals surface area contributed by atoms with E-state index in [0.717, 1.165) is 6.07 Å². The van der Waals surface area contributed by atoms with Gasteiger partial charge in [-0.05, 0) is 18.1 Å². The third kappa shape index (κ3) is 3.96. The number of hydrogen-bond donors (Lipinski definition) is 1. The first-order chi connectivity index (χ1) is 9.31. The molecule has 2 atom stereocenters. The summed E-state index contributed by atoms with van der Waals surface area (Å²) in [5.74, 6) is -1.29. The quantitative estimate of drug-likeness (QED) is 0.847. The van der Waals surface area contributed by atoms with Gasteiger partial charge in [0.1, 0.15) is 0 Å². The van der Waals surface area contributed by atoms with Gasteiger partial charge in [0.2, 0.25) is 0 Å². The highest BCUT2D eigenvalue weighted by atomic mass is 19.4. The zero-order valence-electron chi connectivity index (χ0n) is 11.4. The largest absolute Gasteiger partial charge is 0.469 e. The lowest BCUT2D eigenvalue weighted by molar-refractivity contribution is -0.142. The maximum Gasteiger partial charge on any atom is 0.416 e. The Morgan fingerprint density at radius 3 is 2.45 bits per heavy atom. The molecule has 0 bridgehead atoms. The zero-order chi connectivity index (χ0) is 15.3. The minimum atomic E-state index is -4.47. The topological polar surface area (TPSA) is 52.3 Å². The van der Waals surface area contributed by atoms with E-state index in [1.54, 1.807) is 6.92 Å². The Hall–Kier alpha value is -1.56. The standard InChI is InChI=1S/C14H18F3NO2/c1-3-12(18)10(8-13(19)20-2)9-6-4-5-7-11(9)14(15,16)17/h4-7,10,12H,3,8,18H2,1-2H3. The predicted octanol–water partition coefficient (Wildman–Crippen LogP) is 3.09. The van der Waals surface area contributed by atoms with Gasteiger partial charge in [-0.3, -0.25) is 4.79 Å². The van der Waals surface area contributed by atoms with Crippen molar-refractivity contribution in [3.05, 3.63) is 35.4 Å². The highest BCUT2D eigenvalue weighted by Crippen LogP contribution is 2.37. The van der Waals surface area contributed by atoms with Crippen LogP contribution in [0.5, 0.6) is 0 Å². The summed E-state index contributed by atoms with van der Waals surface area (Å²) in [6.07, 6.45) is -4.18. The Kier molecular flexibility index (Phi) is 5.56. The first-order valence-corrected chi connectivity index (χ1v) is 6.29. The number of ether oxygens (including phenoxy) is 1. The molecule has 1 aromatic carbocycles. The number of esters is 1. The summed E-state index contributed by atoms with van der Waals surface area (Å²) in [5.41, 5.74) is 5.18. The predicted molar refractivity (Wildman–Crippen MR) is 69.1 cm³/mol. The second kappa shape index (κ2) is 6.74. The van der Waals surface area contributed by atoms with Crippen LogP contribution < -0.4 is 5.73 Å². The fraction of sp³-hybridized carbons (Fsp3) is 0.500. The Morgan fingerprint density at radius 1 is 1.35 bits per heavy atom. The van der Waals surface area contributed by atoms with E-state index in [0.29, 0.717) is 6.42 Å². The number of methoxy groups -OCH3 is 1. The first kappa shape index (κ1) is 16.5. The van der Waals surface area contributed by atoms with E-state index in [9.17, 15) is 18.0 Å². The number of halogens is 3. The third-order valence-electron chi connectivity index (χ3n) is 3.27. The monoisotopic (exact) mass is 289 g/mol. The second-order valence-electron chi connectivity index (χ2n) is 4.54. The molecule has 0 spiro atoms. The number of carbonyl (C=O) groups excluding carboxylic acids is 1. The molecule has 0 amide bonds. The van der Waals surface area contributed by atoms with Crippen molar-refractivity contribution in [3.8, 4) is 0 Å². The van der Waals surface area contributed by atoms with Crippen molar-refractivity contribution < 1.29 is 22.7 Å². The van der Waals surface area contributed by atoms with Crippen LogP contribution in [0.3, 0.4) is 0 Å². The van der Waals surface area contributed by atoms with Crippen molar-refractivity contribution >= 4 is 5.97 Å². The molecule has 2 N–H and O–H groups in total. The molecule has 0 aromatic heterocycles. The summed E-state index contributed by atoms with van der Waals surface area (Å²) in [6.45, 7) is 1.77. The van der Waals surface area contributed by atoms with Gasteiger partial charge < -0.3 is 10.5 Å². The van der Waals surface area contributed by atoms with Gasteiger partial charge in [-0.1, -0.05) is 25.1 Å². The van der Waals surface area contributed by atoms with Crippen LogP contribution in [0.1, 0.15) is 36.8 Å². The van der Waals surface area contributed by atoms with E-state index in [1.807, 2.05) is 0 Å². The van der Waals surface area contributed by atoms with E-state index in [2.05, 4.69) is 4.74 Å². The molecule has 1 rings (SSSR count). The smallest absolute Gasteiger partial charge is 0.416 e. The summed E-state index contributed by atoms with van der Waals surface area (Å²) < 4.78 is 43.7. The maximum absolute atomic E-state index is 13.0. The fourth-order valence-corrected chi connectivity index (χ4v) is 2.12. The molecule has 0 aliphatic carbocycles. The molecular weight excluding hydrogens is 271 g/mol. The molecule has 3 nitrogen and oxygen atoms in total. The van der Waals surface area contributed by atoms with Gasteiger partial charge >= 0.3 is 12.1 Å². The van der Waals surface area contributed by atoms with Gasteiger partial charge in [0.05, 0.1) is 19.1 Å². The molecule has 6 heteroatoms. The number of hydrogen-bond acceptors (Lipinski definition) is 3. The molecule has 0 saturated heterocycles. The molecule has 1 aromatic rings. The van der Waals surface area contributed by atoms with Crippen LogP contribution in [0.2, 0.25) is 0 Å². The van der Waals surface area contributed by atoms with E-state index >= 15 is 0 Å². The Labute approximate surface area is 115 Å². The number of alkyl halides is 3. The highest BCUT2D eigenvalue weighted by molar-refractivity contribution is 5.70. The third-order valence-corrected chi connectivity index (χ3v) is 3.27. The van der Waals surface area contributed by atoms with Crippen LogP contribution in [0, 0.1) is 0 Å². The molecule has 2 unspecified atom stereocenters. The lowest BCUT2D eigenvalue weighted by atomic mass is 9.84. The van der Waals surface area contributed by atoms with Crippen LogP contribution >= 0.6 is 0 Å². The average molecular weight is 289 g/mol. The molecule has 0 aliphatic heterocycles. The Morgan fingerprint density at radius 2 is 1.95 bits per heavy atom. The van der Waals surface area contributed by atoms with Crippen LogP contribution in [0.4, 0.5) is 13.2 Å². The summed E-state index contributed by atoms with van der Waals surface area (Å²) in [7, 11) is 1.20. The van der Waals surface area contributed by atoms with Crippen molar-refractivity contribution in [2.45, 2.75) is 37.9 Å². The molecule has 112 valence electrons. The highest BCUT2D eigenvalue weighted by Gasteiger charge is 2.36. The zero-order valence-corrected chi connectivity index (χ0v) is 11.4.